The van der Waals surface area contributed by atoms with Crippen molar-refractivity contribution in [1.82, 2.24) is 19.5 Å². The van der Waals surface area contributed by atoms with E-state index in [2.05, 4.69) is 34.9 Å². The molecule has 3 N–H and O–H groups in total. The molecule has 2 aromatic heterocycles. The number of hydrogen-bond donors (Lipinski definition) is 2. The first kappa shape index (κ1) is 12.3. The second kappa shape index (κ2) is 4.41. The normalized spacial score (nSPS) is 10.9. The maximum absolute atomic E-state index is 7.45. The van der Waals surface area contributed by atoms with Gasteiger partial charge in [-0.1, -0.05) is 0 Å². The molecule has 0 unspecified atom stereocenters. The van der Waals surface area contributed by atoms with Gasteiger partial charge in [-0.25, -0.2) is 15.0 Å². The SMILES string of the molecule is Cc1cc2ncn(-c3nccc(C(=N)N)n3)c2cc1C. The van der Waals surface area contributed by atoms with Crippen molar-refractivity contribution in [3.63, 3.8) is 0 Å². The summed E-state index contributed by atoms with van der Waals surface area (Å²) in [5, 5.41) is 7.45. The molecule has 0 amide bonds. The van der Waals surface area contributed by atoms with Crippen LogP contribution in [0.25, 0.3) is 17.0 Å². The van der Waals surface area contributed by atoms with Gasteiger partial charge in [-0.3, -0.25) is 9.98 Å². The number of aryl methyl sites for hydroxylation is 2. The molecular formula is C14H14N6. The van der Waals surface area contributed by atoms with Crippen molar-refractivity contribution >= 4 is 16.9 Å². The van der Waals surface area contributed by atoms with Crippen molar-refractivity contribution in [2.45, 2.75) is 13.8 Å². The zero-order chi connectivity index (χ0) is 14.3. The molecule has 0 radical (unpaired) electrons. The standard InChI is InChI=1S/C14H14N6/c1-8-5-11-12(6-9(8)2)20(7-18-11)14-17-4-3-10(19-14)13(15)16/h3-7H,1-2H3,(H3,15,16). The smallest absolute Gasteiger partial charge is 0.236 e. The molecule has 0 bridgehead atoms. The van der Waals surface area contributed by atoms with Crippen molar-refractivity contribution in [1.29, 1.82) is 5.41 Å². The van der Waals surface area contributed by atoms with Crippen LogP contribution in [0.1, 0.15) is 16.8 Å². The van der Waals surface area contributed by atoms with Gasteiger partial charge in [-0.2, -0.15) is 0 Å². The monoisotopic (exact) mass is 266 g/mol. The fourth-order valence-electron chi connectivity index (χ4n) is 2.04. The van der Waals surface area contributed by atoms with Gasteiger partial charge in [0, 0.05) is 6.20 Å². The molecule has 0 fully saturated rings. The summed E-state index contributed by atoms with van der Waals surface area (Å²) in [7, 11) is 0. The molecular weight excluding hydrogens is 252 g/mol. The lowest BCUT2D eigenvalue weighted by molar-refractivity contribution is 0.941. The van der Waals surface area contributed by atoms with Crippen LogP contribution in [0.5, 0.6) is 0 Å². The fourth-order valence-corrected chi connectivity index (χ4v) is 2.04. The molecule has 0 aliphatic rings. The van der Waals surface area contributed by atoms with Gasteiger partial charge in [0.15, 0.2) is 0 Å². The van der Waals surface area contributed by atoms with Crippen molar-refractivity contribution < 1.29 is 0 Å². The number of nitrogen functional groups attached to an aromatic ring is 1. The van der Waals surface area contributed by atoms with Gasteiger partial charge in [-0.05, 0) is 43.2 Å². The average molecular weight is 266 g/mol. The number of aromatic nitrogens is 4. The van der Waals surface area contributed by atoms with Crippen LogP contribution in [0.3, 0.4) is 0 Å². The van der Waals surface area contributed by atoms with E-state index in [1.807, 2.05) is 6.07 Å². The van der Waals surface area contributed by atoms with Crippen LogP contribution in [-0.4, -0.2) is 25.4 Å². The Morgan fingerprint density at radius 2 is 1.95 bits per heavy atom. The second-order valence-electron chi connectivity index (χ2n) is 4.70. The molecule has 1 aromatic carbocycles. The van der Waals surface area contributed by atoms with E-state index in [0.717, 1.165) is 11.0 Å². The number of nitrogens with one attached hydrogen (secondary N) is 1. The summed E-state index contributed by atoms with van der Waals surface area (Å²) in [6.07, 6.45) is 3.27. The van der Waals surface area contributed by atoms with E-state index in [-0.39, 0.29) is 5.84 Å². The summed E-state index contributed by atoms with van der Waals surface area (Å²) in [5.74, 6) is 0.383. The zero-order valence-corrected chi connectivity index (χ0v) is 11.3. The Kier molecular flexibility index (Phi) is 2.71. The van der Waals surface area contributed by atoms with E-state index in [9.17, 15) is 0 Å². The first-order chi connectivity index (χ1) is 9.56. The lowest BCUT2D eigenvalue weighted by Crippen LogP contribution is -2.15. The Bertz CT molecular complexity index is 818. The van der Waals surface area contributed by atoms with Crippen molar-refractivity contribution in [2.24, 2.45) is 5.73 Å². The quantitative estimate of drug-likeness (QED) is 0.545. The van der Waals surface area contributed by atoms with Gasteiger partial charge in [0.25, 0.3) is 0 Å². The highest BCUT2D eigenvalue weighted by molar-refractivity contribution is 5.93. The molecule has 0 saturated heterocycles. The predicted octanol–water partition coefficient (Wildman–Crippen LogP) is 1.72. The Morgan fingerprint density at radius 1 is 1.20 bits per heavy atom. The third-order valence-electron chi connectivity index (χ3n) is 3.30. The minimum absolute atomic E-state index is 0.0786. The summed E-state index contributed by atoms with van der Waals surface area (Å²) in [6, 6.07) is 5.71. The third kappa shape index (κ3) is 1.91. The zero-order valence-electron chi connectivity index (χ0n) is 11.3. The molecule has 0 spiro atoms. The van der Waals surface area contributed by atoms with Crippen molar-refractivity contribution in [3.8, 4) is 5.95 Å². The first-order valence-corrected chi connectivity index (χ1v) is 6.18. The van der Waals surface area contributed by atoms with E-state index in [0.29, 0.717) is 11.6 Å². The Labute approximate surface area is 115 Å². The van der Waals surface area contributed by atoms with Crippen LogP contribution >= 0.6 is 0 Å². The van der Waals surface area contributed by atoms with E-state index in [1.54, 1.807) is 23.2 Å². The van der Waals surface area contributed by atoms with Gasteiger partial charge in [-0.15, -0.1) is 0 Å². The molecule has 3 rings (SSSR count). The summed E-state index contributed by atoms with van der Waals surface area (Å²) in [6.45, 7) is 4.11. The topological polar surface area (TPSA) is 93.5 Å². The number of nitrogens with two attached hydrogens (primary N) is 1. The number of rotatable bonds is 2. The van der Waals surface area contributed by atoms with Crippen LogP contribution in [0.2, 0.25) is 0 Å². The Morgan fingerprint density at radius 3 is 2.70 bits per heavy atom. The number of benzene rings is 1. The molecule has 0 atom stereocenters. The summed E-state index contributed by atoms with van der Waals surface area (Å²) < 4.78 is 1.80. The highest BCUT2D eigenvalue weighted by Gasteiger charge is 2.09. The number of nitrogens with zero attached hydrogens (tertiary/aromatic N) is 4. The molecule has 6 nitrogen and oxygen atoms in total. The van der Waals surface area contributed by atoms with Crippen LogP contribution < -0.4 is 5.73 Å². The Hall–Kier alpha value is -2.76. The maximum atomic E-state index is 7.45. The highest BCUT2D eigenvalue weighted by atomic mass is 15.2. The van der Waals surface area contributed by atoms with E-state index < -0.39 is 0 Å². The molecule has 20 heavy (non-hydrogen) atoms. The largest absolute Gasteiger partial charge is 0.382 e. The van der Waals surface area contributed by atoms with E-state index in [4.69, 9.17) is 11.1 Å². The van der Waals surface area contributed by atoms with Gasteiger partial charge < -0.3 is 5.73 Å². The first-order valence-electron chi connectivity index (χ1n) is 6.18. The number of imidazole rings is 1. The van der Waals surface area contributed by atoms with E-state index >= 15 is 0 Å². The molecule has 6 heteroatoms. The number of fused-ring (bicyclic) bond motifs is 1. The van der Waals surface area contributed by atoms with Gasteiger partial charge >= 0.3 is 0 Å². The minimum atomic E-state index is -0.0786. The summed E-state index contributed by atoms with van der Waals surface area (Å²) in [5.41, 5.74) is 10.1. The third-order valence-corrected chi connectivity index (χ3v) is 3.30. The highest BCUT2D eigenvalue weighted by Crippen LogP contribution is 2.20. The lowest BCUT2D eigenvalue weighted by atomic mass is 10.1. The van der Waals surface area contributed by atoms with Crippen LogP contribution in [0.4, 0.5) is 0 Å². The summed E-state index contributed by atoms with van der Waals surface area (Å²) >= 11 is 0. The summed E-state index contributed by atoms with van der Waals surface area (Å²) in [4.78, 5) is 12.9. The Balaban J connectivity index is 2.22. The van der Waals surface area contributed by atoms with Gasteiger partial charge in [0.2, 0.25) is 5.95 Å². The van der Waals surface area contributed by atoms with Gasteiger partial charge in [0.05, 0.1) is 11.0 Å². The van der Waals surface area contributed by atoms with Gasteiger partial charge in [0.1, 0.15) is 17.9 Å². The number of hydrogen-bond acceptors (Lipinski definition) is 4. The fraction of sp³-hybridized carbons (Fsp3) is 0.143. The molecule has 3 aromatic rings. The van der Waals surface area contributed by atoms with Crippen LogP contribution in [0.15, 0.2) is 30.7 Å². The van der Waals surface area contributed by atoms with Crippen LogP contribution in [0, 0.1) is 19.3 Å². The average Bonchev–Trinajstić information content (AvgIpc) is 2.82. The van der Waals surface area contributed by atoms with Crippen molar-refractivity contribution in [2.75, 3.05) is 0 Å². The second-order valence-corrected chi connectivity index (χ2v) is 4.70. The predicted molar refractivity (Wildman–Crippen MR) is 77.2 cm³/mol. The minimum Gasteiger partial charge on any atom is -0.382 e. The number of amidine groups is 1. The molecule has 0 aliphatic carbocycles. The maximum Gasteiger partial charge on any atom is 0.236 e. The molecule has 2 heterocycles. The molecule has 0 saturated carbocycles. The van der Waals surface area contributed by atoms with Crippen LogP contribution in [-0.2, 0) is 0 Å². The van der Waals surface area contributed by atoms with Crippen molar-refractivity contribution in [3.05, 3.63) is 47.5 Å². The molecule has 100 valence electrons. The lowest BCUT2D eigenvalue weighted by Gasteiger charge is -2.05. The van der Waals surface area contributed by atoms with E-state index in [1.165, 1.54) is 11.1 Å². The molecule has 0 aliphatic heterocycles.